The van der Waals surface area contributed by atoms with E-state index >= 15 is 0 Å². The lowest BCUT2D eigenvalue weighted by molar-refractivity contribution is -0.141. The quantitative estimate of drug-likeness (QED) is 0.744. The molecule has 7 heteroatoms. The second-order valence-corrected chi connectivity index (χ2v) is 5.20. The van der Waals surface area contributed by atoms with Crippen molar-refractivity contribution in [2.45, 2.75) is 33.1 Å². The Labute approximate surface area is 116 Å². The summed E-state index contributed by atoms with van der Waals surface area (Å²) in [4.78, 5) is 25.8. The van der Waals surface area contributed by atoms with Crippen molar-refractivity contribution in [3.63, 3.8) is 0 Å². The standard InChI is InChI=1S/C12H19N3O3S/c1-5-6-15(7-9(16)18-4)12(17)11-10(8(2)3)13-14-19-11/h8H,5-7H2,1-4H3. The number of hydrogen-bond donors (Lipinski definition) is 0. The molecule has 0 radical (unpaired) electrons. The third kappa shape index (κ3) is 3.99. The third-order valence-electron chi connectivity index (χ3n) is 2.58. The van der Waals surface area contributed by atoms with Gasteiger partial charge in [0.05, 0.1) is 12.8 Å². The SMILES string of the molecule is CCCN(CC(=O)OC)C(=O)c1snnc1C(C)C. The van der Waals surface area contributed by atoms with Crippen LogP contribution in [0.25, 0.3) is 0 Å². The summed E-state index contributed by atoms with van der Waals surface area (Å²) in [6.45, 7) is 6.32. The van der Waals surface area contributed by atoms with Crippen molar-refractivity contribution < 1.29 is 14.3 Å². The summed E-state index contributed by atoms with van der Waals surface area (Å²) in [6, 6.07) is 0. The smallest absolute Gasteiger partial charge is 0.325 e. The summed E-state index contributed by atoms with van der Waals surface area (Å²) in [6.07, 6.45) is 0.770. The molecule has 0 saturated carbocycles. The van der Waals surface area contributed by atoms with Gasteiger partial charge in [-0.25, -0.2) is 0 Å². The van der Waals surface area contributed by atoms with Gasteiger partial charge in [-0.3, -0.25) is 9.59 Å². The van der Waals surface area contributed by atoms with Crippen LogP contribution in [0, 0.1) is 0 Å². The van der Waals surface area contributed by atoms with Gasteiger partial charge < -0.3 is 9.64 Å². The van der Waals surface area contributed by atoms with E-state index in [4.69, 9.17) is 0 Å². The molecular formula is C12H19N3O3S. The van der Waals surface area contributed by atoms with E-state index in [1.54, 1.807) is 0 Å². The molecular weight excluding hydrogens is 266 g/mol. The van der Waals surface area contributed by atoms with E-state index in [1.807, 2.05) is 20.8 Å². The van der Waals surface area contributed by atoms with Crippen molar-refractivity contribution in [2.75, 3.05) is 20.2 Å². The summed E-state index contributed by atoms with van der Waals surface area (Å²) in [5.41, 5.74) is 0.681. The van der Waals surface area contributed by atoms with Crippen molar-refractivity contribution in [1.82, 2.24) is 14.5 Å². The summed E-state index contributed by atoms with van der Waals surface area (Å²) in [5.74, 6) is -0.504. The maximum atomic E-state index is 12.4. The van der Waals surface area contributed by atoms with Gasteiger partial charge in [-0.15, -0.1) is 5.10 Å². The van der Waals surface area contributed by atoms with Crippen molar-refractivity contribution >= 4 is 23.4 Å². The van der Waals surface area contributed by atoms with Crippen LogP contribution in [0.5, 0.6) is 0 Å². The number of carbonyl (C=O) groups is 2. The number of rotatable bonds is 6. The van der Waals surface area contributed by atoms with E-state index in [1.165, 1.54) is 12.0 Å². The summed E-state index contributed by atoms with van der Waals surface area (Å²) in [7, 11) is 1.31. The van der Waals surface area contributed by atoms with Gasteiger partial charge in [-0.1, -0.05) is 25.3 Å². The maximum Gasteiger partial charge on any atom is 0.325 e. The fraction of sp³-hybridized carbons (Fsp3) is 0.667. The summed E-state index contributed by atoms with van der Waals surface area (Å²) in [5, 5.41) is 3.98. The summed E-state index contributed by atoms with van der Waals surface area (Å²) >= 11 is 1.07. The van der Waals surface area contributed by atoms with Crippen molar-refractivity contribution in [1.29, 1.82) is 0 Å². The molecule has 1 heterocycles. The molecule has 1 aromatic rings. The fourth-order valence-electron chi connectivity index (χ4n) is 1.61. The van der Waals surface area contributed by atoms with E-state index in [9.17, 15) is 9.59 Å². The topological polar surface area (TPSA) is 72.4 Å². The first-order valence-electron chi connectivity index (χ1n) is 6.19. The normalized spacial score (nSPS) is 10.6. The molecule has 0 aromatic carbocycles. The number of nitrogens with zero attached hydrogens (tertiary/aromatic N) is 3. The van der Waals surface area contributed by atoms with Gasteiger partial charge in [0.1, 0.15) is 11.4 Å². The highest BCUT2D eigenvalue weighted by molar-refractivity contribution is 7.08. The number of ether oxygens (including phenoxy) is 1. The Bertz CT molecular complexity index is 445. The van der Waals surface area contributed by atoms with Gasteiger partial charge in [0, 0.05) is 6.54 Å². The van der Waals surface area contributed by atoms with E-state index in [-0.39, 0.29) is 18.4 Å². The number of aromatic nitrogens is 2. The predicted molar refractivity (Wildman–Crippen MR) is 72.2 cm³/mol. The number of carbonyl (C=O) groups excluding carboxylic acids is 2. The molecule has 0 saturated heterocycles. The molecule has 0 unspecified atom stereocenters. The zero-order valence-corrected chi connectivity index (χ0v) is 12.5. The Morgan fingerprint density at radius 2 is 2.11 bits per heavy atom. The van der Waals surface area contributed by atoms with E-state index in [2.05, 4.69) is 14.3 Å². The average molecular weight is 285 g/mol. The molecule has 0 bridgehead atoms. The molecule has 106 valence electrons. The van der Waals surface area contributed by atoms with E-state index in [0.29, 0.717) is 17.1 Å². The van der Waals surface area contributed by atoms with Gasteiger partial charge >= 0.3 is 5.97 Å². The zero-order chi connectivity index (χ0) is 14.4. The van der Waals surface area contributed by atoms with Gasteiger partial charge in [-0.2, -0.15) is 0 Å². The molecule has 0 aliphatic carbocycles. The minimum atomic E-state index is -0.426. The highest BCUT2D eigenvalue weighted by atomic mass is 32.1. The molecule has 1 amide bonds. The molecule has 6 nitrogen and oxygen atoms in total. The van der Waals surface area contributed by atoms with Gasteiger partial charge in [0.15, 0.2) is 0 Å². The highest BCUT2D eigenvalue weighted by Crippen LogP contribution is 2.21. The second-order valence-electron chi connectivity index (χ2n) is 4.44. The van der Waals surface area contributed by atoms with Crippen LogP contribution in [0.1, 0.15) is 48.5 Å². The third-order valence-corrected chi connectivity index (χ3v) is 3.31. The molecule has 0 N–H and O–H groups in total. The average Bonchev–Trinajstić information content (AvgIpc) is 2.86. The first-order valence-corrected chi connectivity index (χ1v) is 6.96. The van der Waals surface area contributed by atoms with E-state index in [0.717, 1.165) is 18.0 Å². The monoisotopic (exact) mass is 285 g/mol. The number of amides is 1. The molecule has 1 rings (SSSR count). The molecule has 0 spiro atoms. The predicted octanol–water partition coefficient (Wildman–Crippen LogP) is 1.69. The Kier molecular flexibility index (Phi) is 5.88. The van der Waals surface area contributed by atoms with Crippen LogP contribution in [0.2, 0.25) is 0 Å². The van der Waals surface area contributed by atoms with Crippen LogP contribution in [-0.4, -0.2) is 46.6 Å². The molecule has 19 heavy (non-hydrogen) atoms. The zero-order valence-electron chi connectivity index (χ0n) is 11.7. The van der Waals surface area contributed by atoms with Crippen molar-refractivity contribution in [2.24, 2.45) is 0 Å². The molecule has 1 aromatic heterocycles. The minimum Gasteiger partial charge on any atom is -0.468 e. The maximum absolute atomic E-state index is 12.4. The molecule has 0 aliphatic rings. The van der Waals surface area contributed by atoms with Crippen LogP contribution in [0.15, 0.2) is 0 Å². The Morgan fingerprint density at radius 1 is 1.42 bits per heavy atom. The van der Waals surface area contributed by atoms with Gasteiger partial charge in [-0.05, 0) is 23.9 Å². The fourth-order valence-corrected chi connectivity index (χ4v) is 2.40. The lowest BCUT2D eigenvalue weighted by Crippen LogP contribution is -2.36. The second kappa shape index (κ2) is 7.18. The first kappa shape index (κ1) is 15.6. The lowest BCUT2D eigenvalue weighted by atomic mass is 10.1. The van der Waals surface area contributed by atoms with Crippen LogP contribution < -0.4 is 0 Å². The molecule has 0 aliphatic heterocycles. The number of hydrogen-bond acceptors (Lipinski definition) is 6. The molecule has 0 fully saturated rings. The van der Waals surface area contributed by atoms with E-state index < -0.39 is 5.97 Å². The van der Waals surface area contributed by atoms with Crippen LogP contribution >= 0.6 is 11.5 Å². The Hall–Kier alpha value is -1.50. The van der Waals surface area contributed by atoms with Crippen molar-refractivity contribution in [3.05, 3.63) is 10.6 Å². The largest absolute Gasteiger partial charge is 0.468 e. The Morgan fingerprint density at radius 3 is 2.63 bits per heavy atom. The van der Waals surface area contributed by atoms with Crippen LogP contribution in [0.3, 0.4) is 0 Å². The minimum absolute atomic E-state index is 0.0430. The van der Waals surface area contributed by atoms with Crippen LogP contribution in [0.4, 0.5) is 0 Å². The van der Waals surface area contributed by atoms with Gasteiger partial charge in [0.2, 0.25) is 0 Å². The van der Waals surface area contributed by atoms with Crippen LogP contribution in [-0.2, 0) is 9.53 Å². The lowest BCUT2D eigenvalue weighted by Gasteiger charge is -2.20. The molecule has 0 atom stereocenters. The first-order chi connectivity index (χ1) is 9.01. The Balaban J connectivity index is 2.92. The van der Waals surface area contributed by atoms with Gasteiger partial charge in [0.25, 0.3) is 5.91 Å². The number of esters is 1. The summed E-state index contributed by atoms with van der Waals surface area (Å²) < 4.78 is 8.45. The highest BCUT2D eigenvalue weighted by Gasteiger charge is 2.25. The number of methoxy groups -OCH3 is 1. The van der Waals surface area contributed by atoms with Crippen molar-refractivity contribution in [3.8, 4) is 0 Å².